The van der Waals surface area contributed by atoms with Crippen LogP contribution in [0, 0.1) is 0 Å². The Bertz CT molecular complexity index is 1660. The van der Waals surface area contributed by atoms with E-state index < -0.39 is 11.5 Å². The van der Waals surface area contributed by atoms with E-state index in [2.05, 4.69) is 44.0 Å². The number of para-hydroxylation sites is 1. The molecule has 0 saturated heterocycles. The van der Waals surface area contributed by atoms with Gasteiger partial charge in [-0.05, 0) is 81.0 Å². The molecule has 2 atom stereocenters. The van der Waals surface area contributed by atoms with Crippen molar-refractivity contribution in [1.82, 2.24) is 9.88 Å². The van der Waals surface area contributed by atoms with E-state index in [9.17, 15) is 5.11 Å². The molecule has 42 heavy (non-hydrogen) atoms. The van der Waals surface area contributed by atoms with Gasteiger partial charge >= 0.3 is 0 Å². The first-order chi connectivity index (χ1) is 20.3. The molecule has 5 aromatic rings. The fourth-order valence-electron chi connectivity index (χ4n) is 5.65. The Hall–Kier alpha value is -3.59. The highest BCUT2D eigenvalue weighted by Crippen LogP contribution is 2.50. The van der Waals surface area contributed by atoms with E-state index in [4.69, 9.17) is 18.6 Å². The van der Waals surface area contributed by atoms with Gasteiger partial charge in [-0.2, -0.15) is 4.98 Å². The predicted octanol–water partition coefficient (Wildman–Crippen LogP) is 7.52. The second-order valence-corrected chi connectivity index (χ2v) is 11.5. The Morgan fingerprint density at radius 1 is 0.929 bits per heavy atom. The topological polar surface area (TPSA) is 77.2 Å². The summed E-state index contributed by atoms with van der Waals surface area (Å²) in [5.74, 6) is 0.902. The minimum absolute atomic E-state index is 0.403. The van der Waals surface area contributed by atoms with Crippen LogP contribution in [0.2, 0.25) is 0 Å². The summed E-state index contributed by atoms with van der Waals surface area (Å²) in [6, 6.07) is 21.9. The third-order valence-corrected chi connectivity index (χ3v) is 8.04. The monoisotopic (exact) mass is 632 g/mol. The van der Waals surface area contributed by atoms with Crippen molar-refractivity contribution in [2.45, 2.75) is 31.8 Å². The number of methoxy groups -OCH3 is 1. The fourth-order valence-corrected chi connectivity index (χ4v) is 6.03. The van der Waals surface area contributed by atoms with Gasteiger partial charge in [0.15, 0.2) is 0 Å². The summed E-state index contributed by atoms with van der Waals surface area (Å²) in [5, 5.41) is 16.2. The predicted molar refractivity (Wildman–Crippen MR) is 170 cm³/mol. The van der Waals surface area contributed by atoms with Crippen LogP contribution < -0.4 is 14.2 Å². The molecule has 7 nitrogen and oxygen atoms in total. The zero-order valence-electron chi connectivity index (χ0n) is 24.7. The standard InChI is InChI=1S/C34H37BrN2O5/c1-6-40-30-20-25(21-31(36-30)41-7-2)32(27-18-24-17-26(35)12-11-23(24)19-29(27)39-5)34(38,14-15-37(3)4)28-10-8-9-22-13-16-42-33(22)28/h8-13,16-21,32,38H,6-7,14-15H2,1-5H3/t32-,34-/m1/s1. The molecule has 1 N–H and O–H groups in total. The first-order valence-corrected chi connectivity index (χ1v) is 14.9. The molecule has 0 aliphatic carbocycles. The van der Waals surface area contributed by atoms with Gasteiger partial charge in [-0.1, -0.05) is 40.2 Å². The smallest absolute Gasteiger partial charge is 0.216 e. The van der Waals surface area contributed by atoms with Crippen LogP contribution in [0.25, 0.3) is 21.7 Å². The van der Waals surface area contributed by atoms with E-state index in [1.165, 1.54) is 0 Å². The largest absolute Gasteiger partial charge is 0.496 e. The van der Waals surface area contributed by atoms with Gasteiger partial charge in [0, 0.05) is 45.6 Å². The highest BCUT2D eigenvalue weighted by molar-refractivity contribution is 9.10. The van der Waals surface area contributed by atoms with Crippen molar-refractivity contribution < 1.29 is 23.7 Å². The third-order valence-electron chi connectivity index (χ3n) is 7.54. The molecule has 8 heteroatoms. The Kier molecular flexibility index (Phi) is 9.06. The molecule has 0 radical (unpaired) electrons. The van der Waals surface area contributed by atoms with E-state index in [0.29, 0.717) is 54.8 Å². The average molecular weight is 634 g/mol. The average Bonchev–Trinajstić information content (AvgIpc) is 3.45. The summed E-state index contributed by atoms with van der Waals surface area (Å²) in [7, 11) is 5.67. The van der Waals surface area contributed by atoms with Crippen molar-refractivity contribution in [2.75, 3.05) is 41.0 Å². The van der Waals surface area contributed by atoms with E-state index in [1.54, 1.807) is 13.4 Å². The maximum atomic E-state index is 13.2. The van der Waals surface area contributed by atoms with Crippen LogP contribution in [0.15, 0.2) is 81.9 Å². The molecule has 0 spiro atoms. The van der Waals surface area contributed by atoms with Crippen molar-refractivity contribution in [2.24, 2.45) is 0 Å². The zero-order valence-corrected chi connectivity index (χ0v) is 26.3. The van der Waals surface area contributed by atoms with Gasteiger partial charge in [-0.15, -0.1) is 0 Å². The van der Waals surface area contributed by atoms with Crippen LogP contribution in [0.1, 0.15) is 42.9 Å². The molecule has 0 bridgehead atoms. The number of benzene rings is 3. The molecule has 220 valence electrons. The van der Waals surface area contributed by atoms with E-state index in [0.717, 1.165) is 31.8 Å². The lowest BCUT2D eigenvalue weighted by atomic mass is 9.71. The lowest BCUT2D eigenvalue weighted by Gasteiger charge is -2.39. The quantitative estimate of drug-likeness (QED) is 0.152. The number of ether oxygens (including phenoxy) is 3. The van der Waals surface area contributed by atoms with Gasteiger partial charge in [0.1, 0.15) is 16.9 Å². The number of rotatable bonds is 12. The molecule has 0 aliphatic heterocycles. The lowest BCUT2D eigenvalue weighted by Crippen LogP contribution is -2.38. The number of hydrogen-bond acceptors (Lipinski definition) is 7. The van der Waals surface area contributed by atoms with Crippen LogP contribution in [-0.4, -0.2) is 56.0 Å². The van der Waals surface area contributed by atoms with Crippen molar-refractivity contribution >= 4 is 37.7 Å². The number of nitrogens with zero attached hydrogens (tertiary/aromatic N) is 2. The van der Waals surface area contributed by atoms with Crippen molar-refractivity contribution in [3.63, 3.8) is 0 Å². The van der Waals surface area contributed by atoms with Gasteiger partial charge in [0.05, 0.1) is 26.6 Å². The highest BCUT2D eigenvalue weighted by Gasteiger charge is 2.44. The summed E-state index contributed by atoms with van der Waals surface area (Å²) in [6.45, 7) is 5.34. The second kappa shape index (κ2) is 12.7. The molecule has 0 unspecified atom stereocenters. The SMILES string of the molecule is CCOc1cc([C@H](c2cc3cc(Br)ccc3cc2OC)[C@@](O)(CCN(C)C)c2cccc3ccoc23)cc(OCC)n1. The summed E-state index contributed by atoms with van der Waals surface area (Å²) < 4.78 is 24.8. The normalized spacial score (nSPS) is 13.8. The molecule has 0 saturated carbocycles. The lowest BCUT2D eigenvalue weighted by molar-refractivity contribution is 0.00442. The van der Waals surface area contributed by atoms with Gasteiger partial charge in [-0.3, -0.25) is 0 Å². The minimum atomic E-state index is -1.44. The maximum Gasteiger partial charge on any atom is 0.216 e. The molecule has 3 aromatic carbocycles. The third kappa shape index (κ3) is 5.98. The maximum absolute atomic E-state index is 13.2. The molecular weight excluding hydrogens is 596 g/mol. The molecule has 0 fully saturated rings. The fraction of sp³-hybridized carbons (Fsp3) is 0.324. The van der Waals surface area contributed by atoms with Crippen LogP contribution in [-0.2, 0) is 5.60 Å². The van der Waals surface area contributed by atoms with Crippen LogP contribution >= 0.6 is 15.9 Å². The molecule has 2 aromatic heterocycles. The first kappa shape index (κ1) is 29.9. The second-order valence-electron chi connectivity index (χ2n) is 10.6. The summed E-state index contributed by atoms with van der Waals surface area (Å²) in [5.41, 5.74) is 1.51. The molecular formula is C34H37BrN2O5. The highest BCUT2D eigenvalue weighted by atomic mass is 79.9. The van der Waals surface area contributed by atoms with Crippen molar-refractivity contribution in [1.29, 1.82) is 0 Å². The minimum Gasteiger partial charge on any atom is -0.496 e. The summed E-state index contributed by atoms with van der Waals surface area (Å²) >= 11 is 3.63. The van der Waals surface area contributed by atoms with Crippen LogP contribution in [0.3, 0.4) is 0 Å². The Labute approximate surface area is 255 Å². The molecule has 5 rings (SSSR count). The Morgan fingerprint density at radius 2 is 1.67 bits per heavy atom. The summed E-state index contributed by atoms with van der Waals surface area (Å²) in [4.78, 5) is 6.65. The number of halogens is 1. The summed E-state index contributed by atoms with van der Waals surface area (Å²) in [6.07, 6.45) is 2.07. The molecule has 2 heterocycles. The van der Waals surface area contributed by atoms with Gasteiger partial charge < -0.3 is 28.6 Å². The van der Waals surface area contributed by atoms with Crippen molar-refractivity contribution in [3.8, 4) is 17.5 Å². The van der Waals surface area contributed by atoms with Gasteiger partial charge in [0.2, 0.25) is 11.8 Å². The Balaban J connectivity index is 1.87. The number of aromatic nitrogens is 1. The first-order valence-electron chi connectivity index (χ1n) is 14.2. The molecule has 0 amide bonds. The van der Waals surface area contributed by atoms with E-state index in [1.807, 2.05) is 76.5 Å². The Morgan fingerprint density at radius 3 is 2.33 bits per heavy atom. The molecule has 0 aliphatic rings. The number of aliphatic hydroxyl groups is 1. The number of pyridine rings is 1. The van der Waals surface area contributed by atoms with Crippen molar-refractivity contribution in [3.05, 3.63) is 94.2 Å². The van der Waals surface area contributed by atoms with Crippen LogP contribution in [0.4, 0.5) is 0 Å². The zero-order chi connectivity index (χ0) is 29.9. The van der Waals surface area contributed by atoms with E-state index in [-0.39, 0.29) is 0 Å². The van der Waals surface area contributed by atoms with E-state index >= 15 is 0 Å². The number of hydrogen-bond donors (Lipinski definition) is 1. The number of furan rings is 1. The van der Waals surface area contributed by atoms with Gasteiger partial charge in [-0.25, -0.2) is 0 Å². The number of fused-ring (bicyclic) bond motifs is 2. The van der Waals surface area contributed by atoms with Crippen LogP contribution in [0.5, 0.6) is 17.5 Å². The van der Waals surface area contributed by atoms with Gasteiger partial charge in [0.25, 0.3) is 0 Å².